The second-order valence-electron chi connectivity index (χ2n) is 9.63. The number of carbonyl (C=O) groups is 2. The summed E-state index contributed by atoms with van der Waals surface area (Å²) in [7, 11) is 1.15. The average molecular weight is 529 g/mol. The van der Waals surface area contributed by atoms with E-state index in [1.807, 2.05) is 13.8 Å². The topological polar surface area (TPSA) is 67.9 Å². The molecular weight excluding hydrogens is 485 g/mol. The number of halogens is 3. The summed E-state index contributed by atoms with van der Waals surface area (Å²) in [6, 6.07) is 2.62. The molecule has 9 heteroatoms. The van der Waals surface area contributed by atoms with Crippen LogP contribution in [-0.4, -0.2) is 55.7 Å². The van der Waals surface area contributed by atoms with E-state index in [4.69, 9.17) is 9.47 Å². The Balaban J connectivity index is 0.000000898. The summed E-state index contributed by atoms with van der Waals surface area (Å²) in [5, 5.41) is 3.64. The molecule has 37 heavy (non-hydrogen) atoms. The van der Waals surface area contributed by atoms with Gasteiger partial charge in [-0.2, -0.15) is 13.2 Å². The Kier molecular flexibility index (Phi) is 12.4. The van der Waals surface area contributed by atoms with Crippen LogP contribution in [0.4, 0.5) is 13.2 Å². The van der Waals surface area contributed by atoms with E-state index in [0.717, 1.165) is 64.6 Å². The van der Waals surface area contributed by atoms with Crippen LogP contribution in [-0.2, 0) is 33.4 Å². The fraction of sp³-hybridized carbons (Fsp3) is 0.714. The molecule has 0 spiro atoms. The smallest absolute Gasteiger partial charge is 0.416 e. The molecule has 2 aliphatic heterocycles. The lowest BCUT2D eigenvalue weighted by atomic mass is 9.91. The fourth-order valence-corrected chi connectivity index (χ4v) is 5.16. The predicted octanol–water partition coefficient (Wildman–Crippen LogP) is 5.76. The van der Waals surface area contributed by atoms with E-state index < -0.39 is 17.7 Å². The minimum absolute atomic E-state index is 0.0102. The molecule has 1 N–H and O–H groups in total. The molecule has 3 aliphatic rings. The molecule has 2 unspecified atom stereocenters. The van der Waals surface area contributed by atoms with Gasteiger partial charge in [-0.25, -0.2) is 4.79 Å². The van der Waals surface area contributed by atoms with Gasteiger partial charge in [0.2, 0.25) is 5.91 Å². The van der Waals surface area contributed by atoms with Crippen molar-refractivity contribution in [2.45, 2.75) is 97.4 Å². The Labute approximate surface area is 219 Å². The SMILES string of the molecule is CC.CCC.COC(=O)c1cc(C(F)(F)F)cc2c1CCN(C(=O)C1CCC(NC3CCOCC3)C1)C2. The lowest BCUT2D eigenvalue weighted by molar-refractivity contribution is -0.137. The summed E-state index contributed by atoms with van der Waals surface area (Å²) in [6.07, 6.45) is 1.39. The van der Waals surface area contributed by atoms with Gasteiger partial charge in [-0.1, -0.05) is 34.1 Å². The maximum atomic E-state index is 13.4. The second-order valence-corrected chi connectivity index (χ2v) is 9.63. The molecule has 210 valence electrons. The van der Waals surface area contributed by atoms with Gasteiger partial charge in [0.25, 0.3) is 0 Å². The number of hydrogen-bond acceptors (Lipinski definition) is 5. The van der Waals surface area contributed by atoms with Gasteiger partial charge in [0.1, 0.15) is 0 Å². The van der Waals surface area contributed by atoms with Crippen molar-refractivity contribution in [3.05, 3.63) is 34.4 Å². The van der Waals surface area contributed by atoms with Crippen LogP contribution in [0.1, 0.15) is 93.3 Å². The van der Waals surface area contributed by atoms with E-state index in [2.05, 4.69) is 19.2 Å². The lowest BCUT2D eigenvalue weighted by Gasteiger charge is -2.32. The summed E-state index contributed by atoms with van der Waals surface area (Å²) < 4.78 is 50.3. The zero-order valence-corrected chi connectivity index (χ0v) is 22.9. The fourth-order valence-electron chi connectivity index (χ4n) is 5.16. The Hall–Kier alpha value is -2.13. The van der Waals surface area contributed by atoms with Crippen molar-refractivity contribution in [2.24, 2.45) is 5.92 Å². The summed E-state index contributed by atoms with van der Waals surface area (Å²) in [6.45, 7) is 10.2. The Bertz CT molecular complexity index is 885. The molecule has 0 bridgehead atoms. The van der Waals surface area contributed by atoms with Crippen LogP contribution in [0.3, 0.4) is 0 Å². The summed E-state index contributed by atoms with van der Waals surface area (Å²) in [4.78, 5) is 26.9. The zero-order valence-electron chi connectivity index (χ0n) is 22.9. The maximum Gasteiger partial charge on any atom is 0.416 e. The number of ether oxygens (including phenoxy) is 2. The first kappa shape index (κ1) is 31.1. The average Bonchev–Trinajstić information content (AvgIpc) is 3.36. The molecule has 1 saturated heterocycles. The molecule has 1 aromatic rings. The number of esters is 1. The maximum absolute atomic E-state index is 13.4. The second kappa shape index (κ2) is 14.7. The number of alkyl halides is 3. The summed E-state index contributed by atoms with van der Waals surface area (Å²) in [5.41, 5.74) is -0.0485. The van der Waals surface area contributed by atoms with Gasteiger partial charge in [0, 0.05) is 44.3 Å². The van der Waals surface area contributed by atoms with E-state index in [9.17, 15) is 22.8 Å². The van der Waals surface area contributed by atoms with Crippen molar-refractivity contribution < 1.29 is 32.2 Å². The normalized spacial score (nSPS) is 21.7. The Morgan fingerprint density at radius 3 is 2.32 bits per heavy atom. The van der Waals surface area contributed by atoms with Crippen molar-refractivity contribution in [1.82, 2.24) is 10.2 Å². The van der Waals surface area contributed by atoms with Crippen LogP contribution >= 0.6 is 0 Å². The zero-order chi connectivity index (χ0) is 27.6. The van der Waals surface area contributed by atoms with Crippen LogP contribution < -0.4 is 5.32 Å². The number of hydrogen-bond donors (Lipinski definition) is 1. The van der Waals surface area contributed by atoms with E-state index in [1.165, 1.54) is 6.42 Å². The summed E-state index contributed by atoms with van der Waals surface area (Å²) >= 11 is 0. The number of nitrogens with zero attached hydrogens (tertiary/aromatic N) is 1. The molecule has 2 heterocycles. The Morgan fingerprint density at radius 1 is 1.08 bits per heavy atom. The van der Waals surface area contributed by atoms with Gasteiger partial charge in [0.05, 0.1) is 18.2 Å². The first-order valence-electron chi connectivity index (χ1n) is 13.6. The number of amides is 1. The number of benzene rings is 1. The van der Waals surface area contributed by atoms with E-state index >= 15 is 0 Å². The summed E-state index contributed by atoms with van der Waals surface area (Å²) in [5.74, 6) is -0.923. The number of fused-ring (bicyclic) bond motifs is 1. The third-order valence-corrected chi connectivity index (χ3v) is 6.85. The van der Waals surface area contributed by atoms with Gasteiger partial charge in [-0.3, -0.25) is 4.79 Å². The van der Waals surface area contributed by atoms with Crippen molar-refractivity contribution in [2.75, 3.05) is 26.9 Å². The molecule has 4 rings (SSSR count). The number of methoxy groups -OCH3 is 1. The van der Waals surface area contributed by atoms with Crippen molar-refractivity contribution in [3.63, 3.8) is 0 Å². The monoisotopic (exact) mass is 528 g/mol. The van der Waals surface area contributed by atoms with Crippen molar-refractivity contribution in [3.8, 4) is 0 Å². The largest absolute Gasteiger partial charge is 0.465 e. The highest BCUT2D eigenvalue weighted by atomic mass is 19.4. The van der Waals surface area contributed by atoms with E-state index in [-0.39, 0.29) is 30.0 Å². The number of nitrogens with one attached hydrogen (secondary N) is 1. The quantitative estimate of drug-likeness (QED) is 0.504. The number of carbonyl (C=O) groups excluding carboxylic acids is 2. The van der Waals surface area contributed by atoms with Gasteiger partial charge in [0.15, 0.2) is 0 Å². The number of rotatable bonds is 4. The minimum atomic E-state index is -4.58. The van der Waals surface area contributed by atoms with Crippen LogP contribution in [0.25, 0.3) is 0 Å². The molecule has 1 amide bonds. The first-order chi connectivity index (χ1) is 17.7. The van der Waals surface area contributed by atoms with Crippen LogP contribution in [0, 0.1) is 5.92 Å². The molecular formula is C28H43F3N2O4. The van der Waals surface area contributed by atoms with E-state index in [1.54, 1.807) is 4.90 Å². The highest BCUT2D eigenvalue weighted by Gasteiger charge is 2.37. The predicted molar refractivity (Wildman–Crippen MR) is 137 cm³/mol. The molecule has 6 nitrogen and oxygen atoms in total. The van der Waals surface area contributed by atoms with Crippen LogP contribution in [0.5, 0.6) is 0 Å². The molecule has 1 saturated carbocycles. The highest BCUT2D eigenvalue weighted by Crippen LogP contribution is 2.36. The van der Waals surface area contributed by atoms with Gasteiger partial charge >= 0.3 is 12.1 Å². The lowest BCUT2D eigenvalue weighted by Crippen LogP contribution is -2.42. The molecule has 1 aliphatic carbocycles. The molecule has 0 aromatic heterocycles. The molecule has 0 radical (unpaired) electrons. The van der Waals surface area contributed by atoms with Gasteiger partial charge in [-0.15, -0.1) is 0 Å². The Morgan fingerprint density at radius 2 is 1.73 bits per heavy atom. The minimum Gasteiger partial charge on any atom is -0.465 e. The third-order valence-electron chi connectivity index (χ3n) is 6.85. The third kappa shape index (κ3) is 8.43. The van der Waals surface area contributed by atoms with Gasteiger partial charge < -0.3 is 19.7 Å². The van der Waals surface area contributed by atoms with Crippen LogP contribution in [0.15, 0.2) is 12.1 Å². The van der Waals surface area contributed by atoms with Crippen LogP contribution in [0.2, 0.25) is 0 Å². The molecule has 2 fully saturated rings. The molecule has 1 aromatic carbocycles. The van der Waals surface area contributed by atoms with Crippen molar-refractivity contribution >= 4 is 11.9 Å². The van der Waals surface area contributed by atoms with Crippen molar-refractivity contribution in [1.29, 1.82) is 0 Å². The highest BCUT2D eigenvalue weighted by molar-refractivity contribution is 5.92. The van der Waals surface area contributed by atoms with E-state index in [0.29, 0.717) is 30.1 Å². The molecule has 2 atom stereocenters. The standard InChI is InChI=1S/C23H29F3N2O4.C3H8.C2H6/c1-31-22(30)20-12-16(23(24,25)26)10-15-13-28(7-4-19(15)20)21(29)14-2-3-18(11-14)27-17-5-8-32-9-6-17;1-3-2;1-2/h10,12,14,17-18,27H,2-9,11,13H2,1H3;3H2,1-2H3;1-2H3. The van der Waals surface area contributed by atoms with Gasteiger partial charge in [-0.05, 0) is 61.8 Å². The first-order valence-corrected chi connectivity index (χ1v) is 13.6.